The van der Waals surface area contributed by atoms with Gasteiger partial charge in [-0.2, -0.15) is 0 Å². The van der Waals surface area contributed by atoms with Crippen LogP contribution in [0.4, 0.5) is 4.79 Å². The molecule has 0 spiro atoms. The van der Waals surface area contributed by atoms with Crippen molar-refractivity contribution in [2.45, 2.75) is 45.7 Å². The van der Waals surface area contributed by atoms with Crippen LogP contribution >= 0.6 is 0 Å². The van der Waals surface area contributed by atoms with Gasteiger partial charge in [-0.15, -0.1) is 5.06 Å². The summed E-state index contributed by atoms with van der Waals surface area (Å²) < 4.78 is 4.89. The van der Waals surface area contributed by atoms with Gasteiger partial charge in [0.1, 0.15) is 0 Å². The normalized spacial score (nSPS) is 19.8. The standard InChI is InChI=1S/C15H21NO3/c1-6-18-13(17)19-16-14(2,3)11-9-7-8-10-12(11)15(16,4)5/h7-10H,6H2,1-5H3. The fourth-order valence-electron chi connectivity index (χ4n) is 2.91. The second-order valence-corrected chi connectivity index (χ2v) is 5.73. The summed E-state index contributed by atoms with van der Waals surface area (Å²) in [5.41, 5.74) is 1.58. The lowest BCUT2D eigenvalue weighted by molar-refractivity contribution is -0.228. The maximum atomic E-state index is 11.6. The van der Waals surface area contributed by atoms with Crippen molar-refractivity contribution in [2.75, 3.05) is 6.61 Å². The molecule has 0 saturated heterocycles. The van der Waals surface area contributed by atoms with Crippen LogP contribution in [-0.2, 0) is 20.7 Å². The van der Waals surface area contributed by atoms with Crippen LogP contribution in [0.25, 0.3) is 0 Å². The van der Waals surface area contributed by atoms with E-state index < -0.39 is 6.16 Å². The highest BCUT2D eigenvalue weighted by molar-refractivity contribution is 5.60. The number of benzene rings is 1. The van der Waals surface area contributed by atoms with Gasteiger partial charge in [0.15, 0.2) is 0 Å². The number of hydroxylamine groups is 2. The molecule has 0 fully saturated rings. The quantitative estimate of drug-likeness (QED) is 0.765. The van der Waals surface area contributed by atoms with Gasteiger partial charge in [0.05, 0.1) is 17.7 Å². The Bertz CT molecular complexity index is 459. The van der Waals surface area contributed by atoms with Gasteiger partial charge < -0.3 is 9.57 Å². The van der Waals surface area contributed by atoms with E-state index in [4.69, 9.17) is 9.57 Å². The summed E-state index contributed by atoms with van der Waals surface area (Å²) in [6, 6.07) is 8.16. The van der Waals surface area contributed by atoms with Gasteiger partial charge in [-0.1, -0.05) is 24.3 Å². The maximum Gasteiger partial charge on any atom is 0.527 e. The molecular formula is C15H21NO3. The van der Waals surface area contributed by atoms with Crippen LogP contribution in [0.3, 0.4) is 0 Å². The van der Waals surface area contributed by atoms with Crippen molar-refractivity contribution in [3.05, 3.63) is 35.4 Å². The number of carbonyl (C=O) groups excluding carboxylic acids is 1. The van der Waals surface area contributed by atoms with Crippen molar-refractivity contribution in [2.24, 2.45) is 0 Å². The largest absolute Gasteiger partial charge is 0.527 e. The average Bonchev–Trinajstić information content (AvgIpc) is 2.49. The molecule has 4 heteroatoms. The van der Waals surface area contributed by atoms with Crippen molar-refractivity contribution in [1.82, 2.24) is 5.06 Å². The van der Waals surface area contributed by atoms with Crippen LogP contribution in [0.15, 0.2) is 24.3 Å². The number of hydrogen-bond donors (Lipinski definition) is 0. The molecule has 0 radical (unpaired) electrons. The molecule has 1 aromatic rings. The van der Waals surface area contributed by atoms with Gasteiger partial charge in [-0.3, -0.25) is 0 Å². The molecule has 0 atom stereocenters. The molecule has 1 aromatic carbocycles. The predicted octanol–water partition coefficient (Wildman–Crippen LogP) is 3.56. The number of ether oxygens (including phenoxy) is 1. The molecule has 19 heavy (non-hydrogen) atoms. The van der Waals surface area contributed by atoms with Gasteiger partial charge in [0.2, 0.25) is 0 Å². The van der Waals surface area contributed by atoms with Crippen LogP contribution in [0.2, 0.25) is 0 Å². The number of fused-ring (bicyclic) bond motifs is 1. The molecule has 0 saturated carbocycles. The van der Waals surface area contributed by atoms with E-state index in [-0.39, 0.29) is 11.1 Å². The van der Waals surface area contributed by atoms with Crippen molar-refractivity contribution < 1.29 is 14.4 Å². The summed E-state index contributed by atoms with van der Waals surface area (Å²) in [5, 5.41) is 1.72. The van der Waals surface area contributed by atoms with Crippen LogP contribution in [-0.4, -0.2) is 17.8 Å². The third kappa shape index (κ3) is 2.10. The number of nitrogens with zero attached hydrogens (tertiary/aromatic N) is 1. The first-order valence-electron chi connectivity index (χ1n) is 6.57. The first-order valence-corrected chi connectivity index (χ1v) is 6.57. The number of carbonyl (C=O) groups is 1. The zero-order valence-corrected chi connectivity index (χ0v) is 12.2. The Morgan fingerprint density at radius 2 is 1.58 bits per heavy atom. The number of hydrogen-bond acceptors (Lipinski definition) is 4. The lowest BCUT2D eigenvalue weighted by Crippen LogP contribution is -2.46. The summed E-state index contributed by atoms with van der Waals surface area (Å²) in [7, 11) is 0. The summed E-state index contributed by atoms with van der Waals surface area (Å²) in [5.74, 6) is 0. The molecule has 1 heterocycles. The molecule has 0 N–H and O–H groups in total. The van der Waals surface area contributed by atoms with Crippen molar-refractivity contribution >= 4 is 6.16 Å². The summed E-state index contributed by atoms with van der Waals surface area (Å²) >= 11 is 0. The van der Waals surface area contributed by atoms with Gasteiger partial charge >= 0.3 is 6.16 Å². The van der Waals surface area contributed by atoms with E-state index in [2.05, 4.69) is 12.1 Å². The van der Waals surface area contributed by atoms with E-state index in [0.29, 0.717) is 6.61 Å². The highest BCUT2D eigenvalue weighted by atomic mass is 16.8. The fourth-order valence-corrected chi connectivity index (χ4v) is 2.91. The molecular weight excluding hydrogens is 242 g/mol. The molecule has 0 unspecified atom stereocenters. The topological polar surface area (TPSA) is 38.8 Å². The number of rotatable bonds is 2. The molecule has 1 aliphatic heterocycles. The fraction of sp³-hybridized carbons (Fsp3) is 0.533. The average molecular weight is 263 g/mol. The molecule has 0 aromatic heterocycles. The molecule has 0 aliphatic carbocycles. The van der Waals surface area contributed by atoms with E-state index in [9.17, 15) is 4.79 Å². The van der Waals surface area contributed by atoms with E-state index >= 15 is 0 Å². The highest BCUT2D eigenvalue weighted by Crippen LogP contribution is 2.49. The second kappa shape index (κ2) is 4.53. The van der Waals surface area contributed by atoms with Crippen LogP contribution in [0, 0.1) is 0 Å². The van der Waals surface area contributed by atoms with Gasteiger partial charge in [0, 0.05) is 0 Å². The molecule has 1 aliphatic rings. The Morgan fingerprint density at radius 3 is 2.00 bits per heavy atom. The Labute approximate surface area is 114 Å². The molecule has 4 nitrogen and oxygen atoms in total. The minimum Gasteiger partial charge on any atom is -0.433 e. The Balaban J connectivity index is 2.39. The smallest absolute Gasteiger partial charge is 0.433 e. The first kappa shape index (κ1) is 13.9. The zero-order valence-electron chi connectivity index (χ0n) is 12.2. The third-order valence-corrected chi connectivity index (χ3v) is 3.69. The van der Waals surface area contributed by atoms with Gasteiger partial charge in [-0.05, 0) is 45.7 Å². The summed E-state index contributed by atoms with van der Waals surface area (Å²) in [6.45, 7) is 10.2. The van der Waals surface area contributed by atoms with Crippen molar-refractivity contribution in [3.8, 4) is 0 Å². The van der Waals surface area contributed by atoms with Crippen molar-refractivity contribution in [1.29, 1.82) is 0 Å². The summed E-state index contributed by atoms with van der Waals surface area (Å²) in [4.78, 5) is 17.1. The Hall–Kier alpha value is -1.55. The molecule has 2 rings (SSSR count). The third-order valence-electron chi connectivity index (χ3n) is 3.69. The molecule has 104 valence electrons. The van der Waals surface area contributed by atoms with Crippen molar-refractivity contribution in [3.63, 3.8) is 0 Å². The van der Waals surface area contributed by atoms with E-state index in [1.807, 2.05) is 39.8 Å². The second-order valence-electron chi connectivity index (χ2n) is 5.73. The lowest BCUT2D eigenvalue weighted by atomic mass is 9.91. The minimum atomic E-state index is -0.656. The first-order chi connectivity index (χ1) is 8.81. The Kier molecular flexibility index (Phi) is 3.31. The van der Waals surface area contributed by atoms with E-state index in [0.717, 1.165) is 0 Å². The monoisotopic (exact) mass is 263 g/mol. The maximum absolute atomic E-state index is 11.6. The van der Waals surface area contributed by atoms with Gasteiger partial charge in [-0.25, -0.2) is 4.79 Å². The SMILES string of the molecule is CCOC(=O)ON1C(C)(C)c2ccccc2C1(C)C. The van der Waals surface area contributed by atoms with E-state index in [1.54, 1.807) is 12.0 Å². The Morgan fingerprint density at radius 1 is 1.11 bits per heavy atom. The summed E-state index contributed by atoms with van der Waals surface area (Å²) in [6.07, 6.45) is -0.656. The minimum absolute atomic E-state index is 0.306. The van der Waals surface area contributed by atoms with Crippen LogP contribution in [0.5, 0.6) is 0 Å². The zero-order chi connectivity index (χ0) is 14.3. The lowest BCUT2D eigenvalue weighted by Gasteiger charge is -2.37. The molecule has 0 bridgehead atoms. The molecule has 0 amide bonds. The predicted molar refractivity (Wildman–Crippen MR) is 72.4 cm³/mol. The van der Waals surface area contributed by atoms with E-state index in [1.165, 1.54) is 11.1 Å². The van der Waals surface area contributed by atoms with Gasteiger partial charge in [0.25, 0.3) is 0 Å². The van der Waals surface area contributed by atoms with Crippen LogP contribution in [0.1, 0.15) is 45.7 Å². The highest BCUT2D eigenvalue weighted by Gasteiger charge is 2.51. The van der Waals surface area contributed by atoms with Crippen LogP contribution < -0.4 is 0 Å².